The van der Waals surface area contributed by atoms with E-state index >= 15 is 0 Å². The van der Waals surface area contributed by atoms with Crippen LogP contribution in [0, 0.1) is 11.7 Å². The Morgan fingerprint density at radius 3 is 2.75 bits per heavy atom. The summed E-state index contributed by atoms with van der Waals surface area (Å²) in [5.41, 5.74) is 2.12. The molecule has 0 amide bonds. The topological polar surface area (TPSA) is 58.0 Å². The van der Waals surface area contributed by atoms with Crippen LogP contribution in [-0.2, 0) is 0 Å². The molecule has 20 heavy (non-hydrogen) atoms. The van der Waals surface area contributed by atoms with Crippen molar-refractivity contribution in [1.82, 2.24) is 9.55 Å². The minimum absolute atomic E-state index is 0.0518. The number of phenolic OH excluding ortho intramolecular Hbond substituents is 1. The van der Waals surface area contributed by atoms with Crippen molar-refractivity contribution in [3.8, 4) is 11.4 Å². The number of rotatable bonds is 1. The number of H-pyrrole nitrogens is 1. The highest BCUT2D eigenvalue weighted by molar-refractivity contribution is 7.71. The maximum absolute atomic E-state index is 12.6. The van der Waals surface area contributed by atoms with Crippen LogP contribution in [0.5, 0.6) is 5.75 Å². The van der Waals surface area contributed by atoms with Crippen molar-refractivity contribution >= 4 is 23.1 Å². The predicted octanol–water partition coefficient (Wildman–Crippen LogP) is 3.06. The van der Waals surface area contributed by atoms with Crippen LogP contribution < -0.4 is 5.56 Å². The minimum Gasteiger partial charge on any atom is -0.508 e. The van der Waals surface area contributed by atoms with Crippen LogP contribution in [0.1, 0.15) is 5.56 Å². The van der Waals surface area contributed by atoms with Gasteiger partial charge in [0.1, 0.15) is 5.75 Å². The molecule has 0 spiro atoms. The van der Waals surface area contributed by atoms with E-state index in [-0.39, 0.29) is 11.3 Å². The maximum Gasteiger partial charge on any atom is 0.266 e. The monoisotopic (exact) mass is 284 g/mol. The molecule has 0 aliphatic rings. The van der Waals surface area contributed by atoms with Gasteiger partial charge in [-0.15, -0.1) is 0 Å². The summed E-state index contributed by atoms with van der Waals surface area (Å²) in [6, 6.07) is 12.1. The molecule has 0 unspecified atom stereocenters. The van der Waals surface area contributed by atoms with Gasteiger partial charge in [-0.2, -0.15) is 0 Å². The largest absolute Gasteiger partial charge is 0.508 e. The summed E-state index contributed by atoms with van der Waals surface area (Å²) in [5, 5.41) is 9.94. The van der Waals surface area contributed by atoms with E-state index in [1.165, 1.54) is 16.7 Å². The average Bonchev–Trinajstić information content (AvgIpc) is 2.40. The molecule has 5 heteroatoms. The van der Waals surface area contributed by atoms with Crippen LogP contribution in [-0.4, -0.2) is 14.7 Å². The zero-order chi connectivity index (χ0) is 14.3. The predicted molar refractivity (Wildman–Crippen MR) is 81.1 cm³/mol. The van der Waals surface area contributed by atoms with Crippen LogP contribution in [0.2, 0.25) is 0 Å². The van der Waals surface area contributed by atoms with Crippen molar-refractivity contribution in [3.05, 3.63) is 63.2 Å². The Morgan fingerprint density at radius 2 is 2.00 bits per heavy atom. The van der Waals surface area contributed by atoms with E-state index in [0.717, 1.165) is 5.56 Å². The van der Waals surface area contributed by atoms with Crippen LogP contribution in [0.3, 0.4) is 0 Å². The number of aromatic amines is 1. The van der Waals surface area contributed by atoms with E-state index in [1.54, 1.807) is 6.07 Å². The zero-order valence-electron chi connectivity index (χ0n) is 10.8. The molecule has 3 aromatic rings. The highest BCUT2D eigenvalue weighted by Crippen LogP contribution is 2.16. The third kappa shape index (κ3) is 2.02. The van der Waals surface area contributed by atoms with E-state index in [4.69, 9.17) is 12.2 Å². The molecule has 4 nitrogen and oxygen atoms in total. The second kappa shape index (κ2) is 4.61. The summed E-state index contributed by atoms with van der Waals surface area (Å²) in [4.78, 5) is 15.6. The molecular weight excluding hydrogens is 272 g/mol. The number of nitrogens with zero attached hydrogens (tertiary/aromatic N) is 1. The van der Waals surface area contributed by atoms with Crippen LogP contribution in [0.25, 0.3) is 16.6 Å². The first-order chi connectivity index (χ1) is 9.56. The molecule has 1 heterocycles. The van der Waals surface area contributed by atoms with Crippen molar-refractivity contribution in [3.63, 3.8) is 0 Å². The summed E-state index contributed by atoms with van der Waals surface area (Å²) < 4.78 is 1.77. The van der Waals surface area contributed by atoms with E-state index in [1.807, 2.05) is 31.2 Å². The molecule has 2 N–H and O–H groups in total. The van der Waals surface area contributed by atoms with Gasteiger partial charge in [-0.3, -0.25) is 9.36 Å². The zero-order valence-corrected chi connectivity index (χ0v) is 11.6. The second-order valence-electron chi connectivity index (χ2n) is 4.64. The first-order valence-electron chi connectivity index (χ1n) is 6.11. The summed E-state index contributed by atoms with van der Waals surface area (Å²) in [7, 11) is 0. The average molecular weight is 284 g/mol. The van der Waals surface area contributed by atoms with Gasteiger partial charge in [-0.25, -0.2) is 0 Å². The van der Waals surface area contributed by atoms with Gasteiger partial charge in [0.25, 0.3) is 5.56 Å². The number of fused-ring (bicyclic) bond motifs is 1. The van der Waals surface area contributed by atoms with Gasteiger partial charge in [0.05, 0.1) is 16.6 Å². The number of hydrogen-bond acceptors (Lipinski definition) is 3. The number of nitrogens with one attached hydrogen (secondary N) is 1. The van der Waals surface area contributed by atoms with Crippen LogP contribution in [0.15, 0.2) is 47.3 Å². The molecule has 0 bridgehead atoms. The Hall–Kier alpha value is -2.40. The Kier molecular flexibility index (Phi) is 2.91. The van der Waals surface area contributed by atoms with E-state index < -0.39 is 0 Å². The Morgan fingerprint density at radius 1 is 1.20 bits per heavy atom. The highest BCUT2D eigenvalue weighted by Gasteiger charge is 2.08. The summed E-state index contributed by atoms with van der Waals surface area (Å²) in [5.74, 6) is 0.0518. The van der Waals surface area contributed by atoms with Crippen molar-refractivity contribution < 1.29 is 5.11 Å². The fourth-order valence-electron chi connectivity index (χ4n) is 2.20. The second-order valence-corrected chi connectivity index (χ2v) is 5.03. The SMILES string of the molecule is Cc1cccc(-n2c(=S)[nH]c3ccc(O)cc3c2=O)c1. The van der Waals surface area contributed by atoms with Crippen molar-refractivity contribution in [2.45, 2.75) is 6.92 Å². The molecule has 0 aliphatic carbocycles. The molecule has 0 saturated heterocycles. The number of aromatic nitrogens is 2. The lowest BCUT2D eigenvalue weighted by atomic mass is 10.2. The number of aryl methyl sites for hydroxylation is 1. The summed E-state index contributed by atoms with van der Waals surface area (Å²) in [6.07, 6.45) is 0. The van der Waals surface area contributed by atoms with E-state index in [0.29, 0.717) is 21.4 Å². The molecule has 3 rings (SSSR count). The number of aromatic hydroxyl groups is 1. The Balaban J connectivity index is 2.42. The third-order valence-electron chi connectivity index (χ3n) is 3.14. The van der Waals surface area contributed by atoms with E-state index in [2.05, 4.69) is 4.98 Å². The molecule has 1 aromatic heterocycles. The van der Waals surface area contributed by atoms with Crippen molar-refractivity contribution in [2.24, 2.45) is 0 Å². The standard InChI is InChI=1S/C15H12N2O2S/c1-9-3-2-4-10(7-9)17-14(19)12-8-11(18)5-6-13(12)16-15(17)20/h2-8,18H,1H3,(H,16,20). The number of hydrogen-bond donors (Lipinski definition) is 2. The normalized spacial score (nSPS) is 10.8. The van der Waals surface area contributed by atoms with Gasteiger partial charge in [-0.05, 0) is 55.0 Å². The van der Waals surface area contributed by atoms with Gasteiger partial charge in [-0.1, -0.05) is 12.1 Å². The molecule has 2 aromatic carbocycles. The summed E-state index contributed by atoms with van der Waals surface area (Å²) >= 11 is 5.27. The first kappa shape index (κ1) is 12.6. The quantitative estimate of drug-likeness (QED) is 0.675. The molecule has 0 saturated carbocycles. The minimum atomic E-state index is -0.245. The van der Waals surface area contributed by atoms with Gasteiger partial charge >= 0.3 is 0 Å². The fraction of sp³-hybridized carbons (Fsp3) is 0.0667. The molecule has 100 valence electrons. The molecule has 0 atom stereocenters. The number of phenols is 1. The highest BCUT2D eigenvalue weighted by atomic mass is 32.1. The smallest absolute Gasteiger partial charge is 0.266 e. The van der Waals surface area contributed by atoms with Gasteiger partial charge in [0, 0.05) is 0 Å². The third-order valence-corrected chi connectivity index (χ3v) is 3.43. The molecule has 0 aliphatic heterocycles. The lowest BCUT2D eigenvalue weighted by Gasteiger charge is -2.09. The van der Waals surface area contributed by atoms with Gasteiger partial charge in [0.2, 0.25) is 0 Å². The molecule has 0 fully saturated rings. The van der Waals surface area contributed by atoms with Gasteiger partial charge in [0.15, 0.2) is 4.77 Å². The van der Waals surface area contributed by atoms with Crippen LogP contribution >= 0.6 is 12.2 Å². The van der Waals surface area contributed by atoms with Crippen LogP contribution in [0.4, 0.5) is 0 Å². The Bertz CT molecular complexity index is 925. The maximum atomic E-state index is 12.6. The molecule has 0 radical (unpaired) electrons. The number of benzene rings is 2. The fourth-order valence-corrected chi connectivity index (χ4v) is 2.50. The van der Waals surface area contributed by atoms with E-state index in [9.17, 15) is 9.90 Å². The summed E-state index contributed by atoms with van der Waals surface area (Å²) in [6.45, 7) is 1.95. The lowest BCUT2D eigenvalue weighted by molar-refractivity contribution is 0.476. The lowest BCUT2D eigenvalue weighted by Crippen LogP contribution is -2.20. The Labute approximate surface area is 119 Å². The first-order valence-corrected chi connectivity index (χ1v) is 6.52. The van der Waals surface area contributed by atoms with Gasteiger partial charge < -0.3 is 10.1 Å². The molecular formula is C15H12N2O2S. The van der Waals surface area contributed by atoms with Crippen molar-refractivity contribution in [1.29, 1.82) is 0 Å². The van der Waals surface area contributed by atoms with Crippen molar-refractivity contribution in [2.75, 3.05) is 0 Å².